The monoisotopic (exact) mass is 323 g/mol. The molecule has 0 aliphatic rings. The van der Waals surface area contributed by atoms with E-state index in [1.165, 1.54) is 0 Å². The molecule has 0 radical (unpaired) electrons. The van der Waals surface area contributed by atoms with Gasteiger partial charge < -0.3 is 19.9 Å². The summed E-state index contributed by atoms with van der Waals surface area (Å²) in [6.45, 7) is -0.123. The van der Waals surface area contributed by atoms with Gasteiger partial charge in [0.15, 0.2) is 6.61 Å². The maximum absolute atomic E-state index is 12.1. The van der Waals surface area contributed by atoms with Gasteiger partial charge in [0.25, 0.3) is 5.91 Å². The van der Waals surface area contributed by atoms with E-state index in [4.69, 9.17) is 9.47 Å². The zero-order valence-electron chi connectivity index (χ0n) is 13.2. The van der Waals surface area contributed by atoms with Gasteiger partial charge in [-0.2, -0.15) is 0 Å². The van der Waals surface area contributed by atoms with E-state index < -0.39 is 0 Å². The van der Waals surface area contributed by atoms with Gasteiger partial charge in [-0.05, 0) is 24.3 Å². The molecule has 5 heteroatoms. The van der Waals surface area contributed by atoms with Gasteiger partial charge in [-0.3, -0.25) is 4.79 Å². The van der Waals surface area contributed by atoms with Crippen molar-refractivity contribution in [1.82, 2.24) is 0 Å². The second-order valence-corrected chi connectivity index (χ2v) is 5.19. The molecule has 3 rings (SSSR count). The van der Waals surface area contributed by atoms with Crippen LogP contribution >= 0.6 is 0 Å². The Labute approximate surface area is 139 Å². The number of benzene rings is 3. The lowest BCUT2D eigenvalue weighted by atomic mass is 10.1. The van der Waals surface area contributed by atoms with Gasteiger partial charge in [-0.25, -0.2) is 0 Å². The second kappa shape index (κ2) is 6.91. The van der Waals surface area contributed by atoms with Crippen molar-refractivity contribution in [2.45, 2.75) is 0 Å². The number of ether oxygens (including phenoxy) is 2. The fraction of sp³-hybridized carbons (Fsp3) is 0.105. The number of nitrogens with one attached hydrogen (secondary N) is 1. The fourth-order valence-corrected chi connectivity index (χ4v) is 2.43. The van der Waals surface area contributed by atoms with Crippen LogP contribution in [0.1, 0.15) is 0 Å². The van der Waals surface area contributed by atoms with E-state index in [9.17, 15) is 9.90 Å². The van der Waals surface area contributed by atoms with Crippen LogP contribution in [0.3, 0.4) is 0 Å². The third-order valence-corrected chi connectivity index (χ3v) is 3.58. The first kappa shape index (κ1) is 15.7. The Hall–Kier alpha value is -3.21. The number of phenols is 1. The standard InChI is InChI=1S/C19H17NO4/c1-23-13-5-2-6-14(11-13)24-12-19(22)20-17-9-3-8-16-15(17)7-4-10-18(16)21/h2-11,21H,12H2,1H3,(H,20,22). The van der Waals surface area contributed by atoms with Gasteiger partial charge >= 0.3 is 0 Å². The van der Waals surface area contributed by atoms with Crippen molar-refractivity contribution in [1.29, 1.82) is 0 Å². The average molecular weight is 323 g/mol. The number of rotatable bonds is 5. The normalized spacial score (nSPS) is 10.4. The zero-order chi connectivity index (χ0) is 16.9. The summed E-state index contributed by atoms with van der Waals surface area (Å²) in [5, 5.41) is 14.1. The van der Waals surface area contributed by atoms with Gasteiger partial charge in [0, 0.05) is 22.5 Å². The predicted molar refractivity (Wildman–Crippen MR) is 92.7 cm³/mol. The van der Waals surface area contributed by atoms with Crippen molar-refractivity contribution in [3.05, 3.63) is 60.7 Å². The molecule has 0 unspecified atom stereocenters. The largest absolute Gasteiger partial charge is 0.507 e. The van der Waals surface area contributed by atoms with Crippen LogP contribution in [-0.2, 0) is 4.79 Å². The molecule has 5 nitrogen and oxygen atoms in total. The Bertz CT molecular complexity index is 876. The Balaban J connectivity index is 1.70. The van der Waals surface area contributed by atoms with Crippen molar-refractivity contribution in [3.63, 3.8) is 0 Å². The lowest BCUT2D eigenvalue weighted by Gasteiger charge is -2.11. The number of anilines is 1. The average Bonchev–Trinajstić information content (AvgIpc) is 2.61. The minimum atomic E-state index is -0.284. The lowest BCUT2D eigenvalue weighted by molar-refractivity contribution is -0.118. The topological polar surface area (TPSA) is 67.8 Å². The molecule has 1 amide bonds. The molecular weight excluding hydrogens is 306 g/mol. The van der Waals surface area contributed by atoms with E-state index in [0.29, 0.717) is 22.6 Å². The quantitative estimate of drug-likeness (QED) is 0.753. The number of phenolic OH excluding ortho intramolecular Hbond substituents is 1. The van der Waals surface area contributed by atoms with Crippen LogP contribution in [0, 0.1) is 0 Å². The van der Waals surface area contributed by atoms with Crippen LogP contribution in [0.15, 0.2) is 60.7 Å². The molecule has 0 aliphatic heterocycles. The van der Waals surface area contributed by atoms with Crippen LogP contribution in [0.2, 0.25) is 0 Å². The summed E-state index contributed by atoms with van der Waals surface area (Å²) in [7, 11) is 1.57. The molecule has 0 atom stereocenters. The molecule has 3 aromatic carbocycles. The highest BCUT2D eigenvalue weighted by molar-refractivity contribution is 6.04. The van der Waals surface area contributed by atoms with Crippen molar-refractivity contribution in [3.8, 4) is 17.2 Å². The second-order valence-electron chi connectivity index (χ2n) is 5.19. The maximum atomic E-state index is 12.1. The zero-order valence-corrected chi connectivity index (χ0v) is 13.2. The van der Waals surface area contributed by atoms with Crippen LogP contribution in [-0.4, -0.2) is 24.7 Å². The molecule has 0 fully saturated rings. The third-order valence-electron chi connectivity index (χ3n) is 3.58. The first-order valence-electron chi connectivity index (χ1n) is 7.45. The van der Waals surface area contributed by atoms with E-state index >= 15 is 0 Å². The minimum absolute atomic E-state index is 0.123. The summed E-state index contributed by atoms with van der Waals surface area (Å²) >= 11 is 0. The van der Waals surface area contributed by atoms with E-state index in [2.05, 4.69) is 5.32 Å². The summed E-state index contributed by atoms with van der Waals surface area (Å²) in [5.41, 5.74) is 0.627. The number of hydrogen-bond donors (Lipinski definition) is 2. The number of carbonyl (C=O) groups is 1. The Kier molecular flexibility index (Phi) is 4.52. The van der Waals surface area contributed by atoms with Crippen LogP contribution in [0.4, 0.5) is 5.69 Å². The number of fused-ring (bicyclic) bond motifs is 1. The molecule has 0 aliphatic carbocycles. The Morgan fingerprint density at radius 3 is 2.54 bits per heavy atom. The van der Waals surface area contributed by atoms with Crippen molar-refractivity contribution < 1.29 is 19.4 Å². The molecule has 2 N–H and O–H groups in total. The highest BCUT2D eigenvalue weighted by Crippen LogP contribution is 2.29. The molecule has 0 bridgehead atoms. The molecule has 0 heterocycles. The highest BCUT2D eigenvalue weighted by Gasteiger charge is 2.08. The molecule has 122 valence electrons. The molecule has 3 aromatic rings. The Morgan fingerprint density at radius 2 is 1.71 bits per heavy atom. The smallest absolute Gasteiger partial charge is 0.262 e. The fourth-order valence-electron chi connectivity index (χ4n) is 2.43. The molecule has 0 saturated heterocycles. The van der Waals surface area contributed by atoms with Crippen LogP contribution in [0.5, 0.6) is 17.2 Å². The minimum Gasteiger partial charge on any atom is -0.507 e. The number of amides is 1. The number of aromatic hydroxyl groups is 1. The number of carbonyl (C=O) groups excluding carboxylic acids is 1. The summed E-state index contributed by atoms with van der Waals surface area (Å²) in [4.78, 5) is 12.1. The van der Waals surface area contributed by atoms with Gasteiger partial charge in [0.1, 0.15) is 17.2 Å². The number of methoxy groups -OCH3 is 1. The van der Waals surface area contributed by atoms with E-state index in [0.717, 1.165) is 5.39 Å². The molecule has 24 heavy (non-hydrogen) atoms. The summed E-state index contributed by atoms with van der Waals surface area (Å²) in [5.74, 6) is 1.11. The maximum Gasteiger partial charge on any atom is 0.262 e. The molecule has 0 spiro atoms. The Morgan fingerprint density at radius 1 is 1.00 bits per heavy atom. The van der Waals surface area contributed by atoms with Crippen molar-refractivity contribution in [2.24, 2.45) is 0 Å². The first-order chi connectivity index (χ1) is 11.7. The van der Waals surface area contributed by atoms with E-state index in [1.807, 2.05) is 6.07 Å². The summed E-state index contributed by atoms with van der Waals surface area (Å²) < 4.78 is 10.6. The number of hydrogen-bond acceptors (Lipinski definition) is 4. The van der Waals surface area contributed by atoms with Gasteiger partial charge in [-0.1, -0.05) is 30.3 Å². The van der Waals surface area contributed by atoms with E-state index in [1.54, 1.807) is 61.7 Å². The highest BCUT2D eigenvalue weighted by atomic mass is 16.5. The van der Waals surface area contributed by atoms with Crippen LogP contribution < -0.4 is 14.8 Å². The van der Waals surface area contributed by atoms with Crippen molar-refractivity contribution >= 4 is 22.4 Å². The molecular formula is C19H17NO4. The first-order valence-corrected chi connectivity index (χ1v) is 7.45. The lowest BCUT2D eigenvalue weighted by Crippen LogP contribution is -2.20. The van der Waals surface area contributed by atoms with Crippen LogP contribution in [0.25, 0.3) is 10.8 Å². The third kappa shape index (κ3) is 3.41. The van der Waals surface area contributed by atoms with Gasteiger partial charge in [0.05, 0.1) is 7.11 Å². The van der Waals surface area contributed by atoms with Gasteiger partial charge in [-0.15, -0.1) is 0 Å². The molecule has 0 aromatic heterocycles. The summed E-state index contributed by atoms with van der Waals surface area (Å²) in [6.07, 6.45) is 0. The SMILES string of the molecule is COc1cccc(OCC(=O)Nc2cccc3c(O)cccc23)c1. The van der Waals surface area contributed by atoms with Crippen molar-refractivity contribution in [2.75, 3.05) is 19.0 Å². The van der Waals surface area contributed by atoms with Gasteiger partial charge in [0.2, 0.25) is 0 Å². The van der Waals surface area contributed by atoms with E-state index in [-0.39, 0.29) is 18.3 Å². The summed E-state index contributed by atoms with van der Waals surface area (Å²) in [6, 6.07) is 17.6. The predicted octanol–water partition coefficient (Wildman–Crippen LogP) is 3.57. The molecule has 0 saturated carbocycles.